The molecule has 8 heteroatoms. The highest BCUT2D eigenvalue weighted by Gasteiger charge is 2.11. The summed E-state index contributed by atoms with van der Waals surface area (Å²) in [5, 5.41) is 6.81. The summed E-state index contributed by atoms with van der Waals surface area (Å²) < 4.78 is 11.5. The quantitative estimate of drug-likeness (QED) is 0.725. The van der Waals surface area contributed by atoms with Gasteiger partial charge >= 0.3 is 0 Å². The van der Waals surface area contributed by atoms with E-state index in [-0.39, 0.29) is 16.4 Å². The van der Waals surface area contributed by atoms with Crippen LogP contribution in [0.4, 0.5) is 0 Å². The van der Waals surface area contributed by atoms with Gasteiger partial charge in [-0.1, -0.05) is 0 Å². The predicted octanol–water partition coefficient (Wildman–Crippen LogP) is 0.146. The van der Waals surface area contributed by atoms with E-state index in [2.05, 4.69) is 36.1 Å². The Hall–Kier alpha value is -1.02. The van der Waals surface area contributed by atoms with Crippen LogP contribution in [0.15, 0.2) is 14.6 Å². The van der Waals surface area contributed by atoms with Crippen LogP contribution in [0.3, 0.4) is 0 Å². The first kappa shape index (κ1) is 9.53. The third kappa shape index (κ3) is 1.40. The van der Waals surface area contributed by atoms with Crippen molar-refractivity contribution < 1.29 is 4.21 Å². The Morgan fingerprint density at radius 3 is 2.86 bits per heavy atom. The van der Waals surface area contributed by atoms with Crippen LogP contribution in [-0.4, -0.2) is 30.6 Å². The van der Waals surface area contributed by atoms with Gasteiger partial charge in [0.25, 0.3) is 5.56 Å². The molecule has 2 aromatic heterocycles. The van der Waals surface area contributed by atoms with Gasteiger partial charge < -0.3 is 0 Å². The number of hydrogen-bond donors (Lipinski definition) is 2. The van der Waals surface area contributed by atoms with Gasteiger partial charge in [-0.3, -0.25) is 19.1 Å². The normalized spacial score (nSPS) is 13.3. The van der Waals surface area contributed by atoms with Crippen molar-refractivity contribution in [3.8, 4) is 0 Å². The molecule has 1 atom stereocenters. The third-order valence-electron chi connectivity index (χ3n) is 1.63. The maximum absolute atomic E-state index is 11.5. The van der Waals surface area contributed by atoms with Crippen LogP contribution in [0, 0.1) is 0 Å². The van der Waals surface area contributed by atoms with Crippen molar-refractivity contribution in [3.05, 3.63) is 15.0 Å². The van der Waals surface area contributed by atoms with Gasteiger partial charge in [-0.05, 0) is 15.9 Å². The first-order valence-corrected chi connectivity index (χ1v) is 5.92. The van der Waals surface area contributed by atoms with Crippen LogP contribution < -0.4 is 5.56 Å². The monoisotopic (exact) mass is 276 g/mol. The molecule has 0 aliphatic rings. The summed E-state index contributed by atoms with van der Waals surface area (Å²) in [7, 11) is -1.32. The molecule has 6 nitrogen and oxygen atoms in total. The summed E-state index contributed by atoms with van der Waals surface area (Å²) in [4.78, 5) is 17.8. The molecular weight excluding hydrogens is 272 g/mol. The first-order chi connectivity index (χ1) is 6.59. The largest absolute Gasteiger partial charge is 0.299 e. The first-order valence-electron chi connectivity index (χ1n) is 3.57. The van der Waals surface area contributed by atoms with Crippen molar-refractivity contribution in [2.24, 2.45) is 0 Å². The SMILES string of the molecule is CS(=O)c1nc2n[nH]c(Br)c2c(=O)[nH]1. The van der Waals surface area contributed by atoms with Gasteiger partial charge in [0.1, 0.15) is 9.99 Å². The smallest absolute Gasteiger partial charge is 0.263 e. The van der Waals surface area contributed by atoms with E-state index in [0.29, 0.717) is 9.99 Å². The second kappa shape index (κ2) is 3.28. The summed E-state index contributed by atoms with van der Waals surface area (Å²) in [6, 6.07) is 0. The summed E-state index contributed by atoms with van der Waals surface area (Å²) in [5.74, 6) is 0. The highest BCUT2D eigenvalue weighted by atomic mass is 79.9. The molecule has 74 valence electrons. The third-order valence-corrected chi connectivity index (χ3v) is 2.94. The summed E-state index contributed by atoms with van der Waals surface area (Å²) in [5.41, 5.74) is -0.105. The van der Waals surface area contributed by atoms with E-state index >= 15 is 0 Å². The number of H-pyrrole nitrogens is 2. The molecule has 0 saturated carbocycles. The van der Waals surface area contributed by atoms with Crippen molar-refractivity contribution in [2.75, 3.05) is 6.26 Å². The molecule has 0 aliphatic heterocycles. The molecule has 1 unspecified atom stereocenters. The zero-order valence-corrected chi connectivity index (χ0v) is 9.40. The number of nitrogens with zero attached hydrogens (tertiary/aromatic N) is 2. The molecule has 2 rings (SSSR count). The molecule has 0 saturated heterocycles. The van der Waals surface area contributed by atoms with Gasteiger partial charge in [0.05, 0.1) is 10.8 Å². The lowest BCUT2D eigenvalue weighted by molar-refractivity contribution is 0.679. The minimum atomic E-state index is -1.32. The van der Waals surface area contributed by atoms with Gasteiger partial charge in [-0.25, -0.2) is 0 Å². The number of nitrogens with one attached hydrogen (secondary N) is 2. The van der Waals surface area contributed by atoms with E-state index in [9.17, 15) is 9.00 Å². The molecule has 0 radical (unpaired) electrons. The number of rotatable bonds is 1. The van der Waals surface area contributed by atoms with Crippen LogP contribution >= 0.6 is 15.9 Å². The van der Waals surface area contributed by atoms with Gasteiger partial charge in [-0.15, -0.1) is 0 Å². The Labute approximate surface area is 88.7 Å². The summed E-state index contributed by atoms with van der Waals surface area (Å²) in [6.45, 7) is 0. The van der Waals surface area contributed by atoms with Crippen molar-refractivity contribution in [1.82, 2.24) is 20.2 Å². The molecule has 2 aromatic rings. The fourth-order valence-corrected chi connectivity index (χ4v) is 1.91. The number of aromatic nitrogens is 4. The minimum absolute atomic E-state index is 0.126. The van der Waals surface area contributed by atoms with Gasteiger partial charge in [0.2, 0.25) is 5.16 Å². The Morgan fingerprint density at radius 2 is 2.21 bits per heavy atom. The maximum Gasteiger partial charge on any atom is 0.263 e. The van der Waals surface area contributed by atoms with E-state index in [4.69, 9.17) is 0 Å². The lowest BCUT2D eigenvalue weighted by Crippen LogP contribution is -2.11. The van der Waals surface area contributed by atoms with E-state index in [1.165, 1.54) is 6.26 Å². The molecular formula is C6H5BrN4O2S. The van der Waals surface area contributed by atoms with Gasteiger partial charge in [-0.2, -0.15) is 10.1 Å². The van der Waals surface area contributed by atoms with Crippen molar-refractivity contribution in [3.63, 3.8) is 0 Å². The van der Waals surface area contributed by atoms with Crippen LogP contribution in [0.2, 0.25) is 0 Å². The Morgan fingerprint density at radius 1 is 1.50 bits per heavy atom. The molecule has 2 heterocycles. The highest BCUT2D eigenvalue weighted by molar-refractivity contribution is 9.10. The number of fused-ring (bicyclic) bond motifs is 1. The van der Waals surface area contributed by atoms with Crippen LogP contribution in [0.1, 0.15) is 0 Å². The number of hydrogen-bond acceptors (Lipinski definition) is 4. The van der Waals surface area contributed by atoms with Crippen molar-refractivity contribution in [1.29, 1.82) is 0 Å². The van der Waals surface area contributed by atoms with E-state index < -0.39 is 10.8 Å². The van der Waals surface area contributed by atoms with E-state index in [1.54, 1.807) is 0 Å². The molecule has 0 spiro atoms. The number of aromatic amines is 2. The molecule has 2 N–H and O–H groups in total. The fourth-order valence-electron chi connectivity index (χ4n) is 1.01. The van der Waals surface area contributed by atoms with Crippen molar-refractivity contribution in [2.45, 2.75) is 5.16 Å². The molecule has 0 fully saturated rings. The summed E-state index contributed by atoms with van der Waals surface area (Å²) in [6.07, 6.45) is 1.44. The number of halogens is 1. The van der Waals surface area contributed by atoms with Crippen LogP contribution in [-0.2, 0) is 10.8 Å². The average molecular weight is 277 g/mol. The molecule has 0 aromatic carbocycles. The average Bonchev–Trinajstić information content (AvgIpc) is 2.48. The van der Waals surface area contributed by atoms with Crippen LogP contribution in [0.25, 0.3) is 11.0 Å². The summed E-state index contributed by atoms with van der Waals surface area (Å²) >= 11 is 3.13. The van der Waals surface area contributed by atoms with Crippen LogP contribution in [0.5, 0.6) is 0 Å². The lowest BCUT2D eigenvalue weighted by Gasteiger charge is -1.93. The topological polar surface area (TPSA) is 91.5 Å². The maximum atomic E-state index is 11.5. The van der Waals surface area contributed by atoms with E-state index in [0.717, 1.165) is 0 Å². The van der Waals surface area contributed by atoms with E-state index in [1.807, 2.05) is 0 Å². The Kier molecular flexibility index (Phi) is 2.23. The van der Waals surface area contributed by atoms with Crippen molar-refractivity contribution >= 4 is 37.8 Å². The molecule has 0 amide bonds. The molecule has 0 aliphatic carbocycles. The molecule has 14 heavy (non-hydrogen) atoms. The predicted molar refractivity (Wildman–Crippen MR) is 54.5 cm³/mol. The Balaban J connectivity index is 2.87. The second-order valence-electron chi connectivity index (χ2n) is 2.56. The fraction of sp³-hybridized carbons (Fsp3) is 0.167. The standard InChI is InChI=1S/C6H5BrN4O2S/c1-14(13)6-8-4-2(5(12)9-6)3(7)10-11-4/h1H3,(H2,8,9,10,11,12). The van der Waals surface area contributed by atoms with Gasteiger partial charge in [0.15, 0.2) is 5.65 Å². The molecule has 0 bridgehead atoms. The zero-order valence-electron chi connectivity index (χ0n) is 7.00. The zero-order chi connectivity index (χ0) is 10.3. The highest BCUT2D eigenvalue weighted by Crippen LogP contribution is 2.14. The second-order valence-corrected chi connectivity index (χ2v) is 4.65. The Bertz CT molecular complexity index is 575. The lowest BCUT2D eigenvalue weighted by atomic mass is 10.4. The van der Waals surface area contributed by atoms with Gasteiger partial charge in [0, 0.05) is 6.26 Å². The minimum Gasteiger partial charge on any atom is -0.299 e.